The summed E-state index contributed by atoms with van der Waals surface area (Å²) >= 11 is 0. The van der Waals surface area contributed by atoms with Crippen LogP contribution >= 0.6 is 0 Å². The highest BCUT2D eigenvalue weighted by molar-refractivity contribution is 5.88. The zero-order chi connectivity index (χ0) is 18.4. The smallest absolute Gasteiger partial charge is 0.260 e. The fraction of sp³-hybridized carbons (Fsp3) is 0.316. The first-order valence-corrected chi connectivity index (χ1v) is 8.56. The molecule has 7 heteroatoms. The summed E-state index contributed by atoms with van der Waals surface area (Å²) in [5.74, 6) is 1.38. The number of hydrogen-bond acceptors (Lipinski definition) is 5. The van der Waals surface area contributed by atoms with Gasteiger partial charge in [-0.2, -0.15) is 0 Å². The molecule has 1 aliphatic rings. The van der Waals surface area contributed by atoms with Crippen molar-refractivity contribution in [3.05, 3.63) is 48.7 Å². The van der Waals surface area contributed by atoms with Crippen molar-refractivity contribution < 1.29 is 14.3 Å². The molecule has 0 atom stereocenters. The Morgan fingerprint density at radius 2 is 1.81 bits per heavy atom. The summed E-state index contributed by atoms with van der Waals surface area (Å²) in [5.41, 5.74) is 0.696. The first-order valence-electron chi connectivity index (χ1n) is 8.56. The van der Waals surface area contributed by atoms with Crippen LogP contribution in [0.3, 0.4) is 0 Å². The minimum Gasteiger partial charge on any atom is -0.484 e. The maximum atomic E-state index is 12.3. The molecule has 2 aromatic rings. The lowest BCUT2D eigenvalue weighted by Crippen LogP contribution is -2.50. The number of aromatic nitrogens is 1. The van der Waals surface area contributed by atoms with Crippen LogP contribution in [0.4, 0.5) is 11.5 Å². The van der Waals surface area contributed by atoms with E-state index in [0.29, 0.717) is 24.5 Å². The molecule has 1 N–H and O–H groups in total. The maximum Gasteiger partial charge on any atom is 0.260 e. The number of pyridine rings is 1. The van der Waals surface area contributed by atoms with Crippen molar-refractivity contribution in [1.82, 2.24) is 9.88 Å². The van der Waals surface area contributed by atoms with Crippen LogP contribution in [-0.4, -0.2) is 54.5 Å². The van der Waals surface area contributed by atoms with E-state index >= 15 is 0 Å². The van der Waals surface area contributed by atoms with Gasteiger partial charge in [-0.1, -0.05) is 6.07 Å². The average molecular weight is 354 g/mol. The molecule has 1 fully saturated rings. The molecule has 2 heterocycles. The third kappa shape index (κ3) is 4.72. The monoisotopic (exact) mass is 354 g/mol. The molecule has 26 heavy (non-hydrogen) atoms. The number of carbonyl (C=O) groups excluding carboxylic acids is 2. The van der Waals surface area contributed by atoms with E-state index < -0.39 is 0 Å². The predicted octanol–water partition coefficient (Wildman–Crippen LogP) is 1.77. The van der Waals surface area contributed by atoms with E-state index in [1.54, 1.807) is 30.5 Å². The molecular formula is C19H22N4O3. The molecule has 7 nitrogen and oxygen atoms in total. The lowest BCUT2D eigenvalue weighted by atomic mass is 10.3. The first kappa shape index (κ1) is 17.7. The zero-order valence-corrected chi connectivity index (χ0v) is 14.7. The third-order valence-electron chi connectivity index (χ3n) is 4.14. The fourth-order valence-corrected chi connectivity index (χ4v) is 2.80. The summed E-state index contributed by atoms with van der Waals surface area (Å²) in [7, 11) is 0. The van der Waals surface area contributed by atoms with Crippen molar-refractivity contribution in [2.24, 2.45) is 0 Å². The molecule has 0 aliphatic carbocycles. The Bertz CT molecular complexity index is 741. The Morgan fingerprint density at radius 1 is 1.08 bits per heavy atom. The molecule has 0 unspecified atom stereocenters. The Labute approximate surface area is 152 Å². The number of nitrogens with one attached hydrogen (secondary N) is 1. The second-order valence-corrected chi connectivity index (χ2v) is 6.05. The lowest BCUT2D eigenvalue weighted by Gasteiger charge is -2.35. The number of ether oxygens (including phenoxy) is 1. The van der Waals surface area contributed by atoms with Gasteiger partial charge in [-0.25, -0.2) is 4.98 Å². The van der Waals surface area contributed by atoms with E-state index in [4.69, 9.17) is 4.74 Å². The summed E-state index contributed by atoms with van der Waals surface area (Å²) in [6.45, 7) is 4.28. The number of carbonyl (C=O) groups is 2. The fourth-order valence-electron chi connectivity index (χ4n) is 2.80. The Kier molecular flexibility index (Phi) is 5.68. The molecular weight excluding hydrogens is 332 g/mol. The van der Waals surface area contributed by atoms with Crippen molar-refractivity contribution in [3.63, 3.8) is 0 Å². The molecule has 0 radical (unpaired) electrons. The summed E-state index contributed by atoms with van der Waals surface area (Å²) in [5, 5.41) is 2.69. The molecule has 1 aromatic heterocycles. The number of nitrogens with zero attached hydrogens (tertiary/aromatic N) is 3. The van der Waals surface area contributed by atoms with Crippen LogP contribution in [0.1, 0.15) is 6.92 Å². The van der Waals surface area contributed by atoms with Crippen LogP contribution in [0.15, 0.2) is 48.7 Å². The van der Waals surface area contributed by atoms with Crippen LogP contribution in [0, 0.1) is 0 Å². The minimum atomic E-state index is -0.126. The van der Waals surface area contributed by atoms with Gasteiger partial charge in [0.2, 0.25) is 5.91 Å². The Balaban J connectivity index is 1.45. The summed E-state index contributed by atoms with van der Waals surface area (Å²) < 4.78 is 5.56. The number of hydrogen-bond donors (Lipinski definition) is 1. The largest absolute Gasteiger partial charge is 0.484 e. The van der Waals surface area contributed by atoms with Gasteiger partial charge in [-0.3, -0.25) is 9.59 Å². The summed E-state index contributed by atoms with van der Waals surface area (Å²) in [6, 6.07) is 12.8. The zero-order valence-electron chi connectivity index (χ0n) is 14.7. The normalized spacial score (nSPS) is 14.0. The topological polar surface area (TPSA) is 74.8 Å². The van der Waals surface area contributed by atoms with E-state index in [1.807, 2.05) is 23.1 Å². The van der Waals surface area contributed by atoms with Crippen molar-refractivity contribution in [1.29, 1.82) is 0 Å². The van der Waals surface area contributed by atoms with Gasteiger partial charge in [0, 0.05) is 45.0 Å². The number of benzene rings is 1. The predicted molar refractivity (Wildman–Crippen MR) is 99.3 cm³/mol. The van der Waals surface area contributed by atoms with Gasteiger partial charge in [-0.05, 0) is 36.4 Å². The second-order valence-electron chi connectivity index (χ2n) is 6.05. The number of amides is 2. The molecule has 2 amide bonds. The standard InChI is InChI=1S/C19H22N4O3/c1-15(24)21-16-5-7-17(8-6-16)26-14-19(25)23-12-10-22(11-13-23)18-4-2-3-9-20-18/h2-9H,10-14H2,1H3,(H,21,24). The van der Waals surface area contributed by atoms with Gasteiger partial charge < -0.3 is 19.9 Å². The van der Waals surface area contributed by atoms with Gasteiger partial charge in [0.15, 0.2) is 6.61 Å². The maximum absolute atomic E-state index is 12.3. The summed E-state index contributed by atoms with van der Waals surface area (Å²) in [6.07, 6.45) is 1.78. The molecule has 1 aliphatic heterocycles. The molecule has 0 bridgehead atoms. The van der Waals surface area contributed by atoms with Gasteiger partial charge in [-0.15, -0.1) is 0 Å². The van der Waals surface area contributed by atoms with Gasteiger partial charge in [0.1, 0.15) is 11.6 Å². The van der Waals surface area contributed by atoms with E-state index in [1.165, 1.54) is 6.92 Å². The number of rotatable bonds is 5. The quantitative estimate of drug-likeness (QED) is 0.886. The molecule has 136 valence electrons. The molecule has 3 rings (SSSR count). The molecule has 1 saturated heterocycles. The van der Waals surface area contributed by atoms with Crippen LogP contribution < -0.4 is 15.0 Å². The number of anilines is 2. The Morgan fingerprint density at radius 3 is 2.42 bits per heavy atom. The number of piperazine rings is 1. The van der Waals surface area contributed by atoms with Crippen LogP contribution in [-0.2, 0) is 9.59 Å². The minimum absolute atomic E-state index is 0.00305. The highest BCUT2D eigenvalue weighted by Crippen LogP contribution is 2.16. The SMILES string of the molecule is CC(=O)Nc1ccc(OCC(=O)N2CCN(c3ccccn3)CC2)cc1. The van der Waals surface area contributed by atoms with E-state index in [2.05, 4.69) is 15.2 Å². The van der Waals surface area contributed by atoms with Crippen molar-refractivity contribution in [2.75, 3.05) is 43.0 Å². The van der Waals surface area contributed by atoms with Gasteiger partial charge in [0.05, 0.1) is 0 Å². The van der Waals surface area contributed by atoms with E-state index in [-0.39, 0.29) is 18.4 Å². The van der Waals surface area contributed by atoms with Gasteiger partial charge in [0.25, 0.3) is 5.91 Å². The molecule has 0 spiro atoms. The van der Waals surface area contributed by atoms with Gasteiger partial charge >= 0.3 is 0 Å². The molecule has 0 saturated carbocycles. The highest BCUT2D eigenvalue weighted by Gasteiger charge is 2.22. The molecule has 1 aromatic carbocycles. The van der Waals surface area contributed by atoms with Crippen molar-refractivity contribution in [2.45, 2.75) is 6.92 Å². The van der Waals surface area contributed by atoms with Crippen LogP contribution in [0.5, 0.6) is 5.75 Å². The third-order valence-corrected chi connectivity index (χ3v) is 4.14. The Hall–Kier alpha value is -3.09. The first-order chi connectivity index (χ1) is 12.6. The highest BCUT2D eigenvalue weighted by atomic mass is 16.5. The van der Waals surface area contributed by atoms with Crippen molar-refractivity contribution >= 4 is 23.3 Å². The van der Waals surface area contributed by atoms with Crippen molar-refractivity contribution in [3.8, 4) is 5.75 Å². The summed E-state index contributed by atoms with van der Waals surface area (Å²) in [4.78, 5) is 31.7. The van der Waals surface area contributed by atoms with Crippen LogP contribution in [0.25, 0.3) is 0 Å². The van der Waals surface area contributed by atoms with E-state index in [9.17, 15) is 9.59 Å². The average Bonchev–Trinajstić information content (AvgIpc) is 2.67. The second kappa shape index (κ2) is 8.33. The van der Waals surface area contributed by atoms with E-state index in [0.717, 1.165) is 18.9 Å². The van der Waals surface area contributed by atoms with Crippen LogP contribution in [0.2, 0.25) is 0 Å². The lowest BCUT2D eigenvalue weighted by molar-refractivity contribution is -0.133.